The number of aromatic nitrogens is 2. The molecule has 5 nitrogen and oxygen atoms in total. The summed E-state index contributed by atoms with van der Waals surface area (Å²) in [4.78, 5) is 21.8. The van der Waals surface area contributed by atoms with Crippen molar-refractivity contribution in [2.75, 3.05) is 20.2 Å². The van der Waals surface area contributed by atoms with Crippen LogP contribution in [0.5, 0.6) is 5.75 Å². The monoisotopic (exact) mass is 371 g/mol. The van der Waals surface area contributed by atoms with Crippen LogP contribution in [0.25, 0.3) is 11.0 Å². The molecule has 3 aromatic rings. The first-order valence-electron chi connectivity index (χ1n) is 8.83. The molecule has 140 valence electrons. The number of ether oxygens (including phenoxy) is 1. The number of carbonyl (C=O) groups is 1. The minimum Gasteiger partial charge on any atom is -0.491 e. The molecule has 2 aromatic heterocycles. The standard InChI is InChI=1S/C20H19F2N3O2/c1-27-18-16(21)5-4-14(17(18)22)20(26)25-9-6-12(7-10-25)15-11-24-19-13(15)3-2-8-23-19/h2-5,8,11-12H,6-7,9-10H2,1H3,(H,23,24). The lowest BCUT2D eigenvalue weighted by atomic mass is 9.89. The molecule has 0 aliphatic carbocycles. The largest absolute Gasteiger partial charge is 0.491 e. The molecule has 3 heterocycles. The third kappa shape index (κ3) is 3.03. The van der Waals surface area contributed by atoms with Gasteiger partial charge < -0.3 is 14.6 Å². The fourth-order valence-electron chi connectivity index (χ4n) is 3.76. The molecular formula is C20H19F2N3O2. The molecule has 1 aliphatic rings. The van der Waals surface area contributed by atoms with Crippen LogP contribution >= 0.6 is 0 Å². The second kappa shape index (κ2) is 6.98. The first-order chi connectivity index (χ1) is 13.1. The summed E-state index contributed by atoms with van der Waals surface area (Å²) in [5.74, 6) is -2.43. The average molecular weight is 371 g/mol. The highest BCUT2D eigenvalue weighted by Gasteiger charge is 2.29. The number of hydrogen-bond donors (Lipinski definition) is 1. The highest BCUT2D eigenvalue weighted by atomic mass is 19.1. The Morgan fingerprint density at radius 3 is 2.78 bits per heavy atom. The van der Waals surface area contributed by atoms with Crippen LogP contribution < -0.4 is 4.74 Å². The van der Waals surface area contributed by atoms with Gasteiger partial charge in [-0.05, 0) is 48.6 Å². The average Bonchev–Trinajstić information content (AvgIpc) is 3.12. The molecule has 1 aromatic carbocycles. The van der Waals surface area contributed by atoms with Gasteiger partial charge in [0.15, 0.2) is 17.4 Å². The smallest absolute Gasteiger partial charge is 0.256 e. The summed E-state index contributed by atoms with van der Waals surface area (Å²) in [6, 6.07) is 6.17. The van der Waals surface area contributed by atoms with E-state index in [0.717, 1.165) is 29.9 Å². The van der Waals surface area contributed by atoms with Crippen molar-refractivity contribution in [2.24, 2.45) is 0 Å². The number of nitrogens with zero attached hydrogens (tertiary/aromatic N) is 2. The van der Waals surface area contributed by atoms with Crippen LogP contribution in [0.2, 0.25) is 0 Å². The highest BCUT2D eigenvalue weighted by molar-refractivity contribution is 5.95. The third-order valence-corrected chi connectivity index (χ3v) is 5.19. The van der Waals surface area contributed by atoms with Gasteiger partial charge in [-0.3, -0.25) is 4.79 Å². The zero-order chi connectivity index (χ0) is 19.0. The Balaban J connectivity index is 1.50. The van der Waals surface area contributed by atoms with Crippen LogP contribution in [0.4, 0.5) is 8.78 Å². The number of piperidine rings is 1. The summed E-state index contributed by atoms with van der Waals surface area (Å²) < 4.78 is 32.7. The van der Waals surface area contributed by atoms with E-state index in [1.54, 1.807) is 11.1 Å². The molecule has 1 saturated heterocycles. The molecule has 0 radical (unpaired) electrons. The van der Waals surface area contributed by atoms with Gasteiger partial charge in [0.25, 0.3) is 5.91 Å². The van der Waals surface area contributed by atoms with Crippen molar-refractivity contribution in [3.05, 3.63) is 59.4 Å². The quantitative estimate of drug-likeness (QED) is 0.760. The summed E-state index contributed by atoms with van der Waals surface area (Å²) in [7, 11) is 1.18. The number of carbonyl (C=O) groups excluding carboxylic acids is 1. The number of pyridine rings is 1. The van der Waals surface area contributed by atoms with Crippen molar-refractivity contribution in [3.8, 4) is 5.75 Å². The Labute approximate surface area is 155 Å². The van der Waals surface area contributed by atoms with E-state index in [0.29, 0.717) is 19.0 Å². The van der Waals surface area contributed by atoms with Crippen molar-refractivity contribution in [3.63, 3.8) is 0 Å². The van der Waals surface area contributed by atoms with Crippen molar-refractivity contribution < 1.29 is 18.3 Å². The minimum atomic E-state index is -0.952. The van der Waals surface area contributed by atoms with Crippen LogP contribution in [-0.2, 0) is 0 Å². The molecule has 0 spiro atoms. The molecule has 0 saturated carbocycles. The number of hydrogen-bond acceptors (Lipinski definition) is 3. The van der Waals surface area contributed by atoms with Gasteiger partial charge >= 0.3 is 0 Å². The number of methoxy groups -OCH3 is 1. The molecule has 1 fully saturated rings. The molecule has 0 atom stereocenters. The van der Waals surface area contributed by atoms with Crippen LogP contribution in [0.1, 0.15) is 34.7 Å². The van der Waals surface area contributed by atoms with Crippen molar-refractivity contribution in [1.29, 1.82) is 0 Å². The number of aromatic amines is 1. The first kappa shape index (κ1) is 17.5. The number of fused-ring (bicyclic) bond motifs is 1. The fraction of sp³-hybridized carbons (Fsp3) is 0.300. The van der Waals surface area contributed by atoms with Crippen LogP contribution in [0, 0.1) is 11.6 Å². The van der Waals surface area contributed by atoms with Gasteiger partial charge in [-0.15, -0.1) is 0 Å². The molecular weight excluding hydrogens is 352 g/mol. The van der Waals surface area contributed by atoms with Crippen LogP contribution in [0.15, 0.2) is 36.7 Å². The fourth-order valence-corrected chi connectivity index (χ4v) is 3.76. The molecule has 27 heavy (non-hydrogen) atoms. The molecule has 4 rings (SSSR count). The van der Waals surface area contributed by atoms with Gasteiger partial charge in [0.1, 0.15) is 5.65 Å². The predicted molar refractivity (Wildman–Crippen MR) is 96.9 cm³/mol. The lowest BCUT2D eigenvalue weighted by molar-refractivity contribution is 0.0707. The van der Waals surface area contributed by atoms with Gasteiger partial charge in [0.2, 0.25) is 0 Å². The lowest BCUT2D eigenvalue weighted by Gasteiger charge is -2.32. The number of amides is 1. The second-order valence-electron chi connectivity index (χ2n) is 6.65. The maximum atomic E-state index is 14.4. The molecule has 1 N–H and O–H groups in total. The van der Waals surface area contributed by atoms with E-state index in [9.17, 15) is 13.6 Å². The zero-order valence-corrected chi connectivity index (χ0v) is 14.8. The first-order valence-corrected chi connectivity index (χ1v) is 8.83. The summed E-state index contributed by atoms with van der Waals surface area (Å²) in [6.45, 7) is 1.02. The number of benzene rings is 1. The Kier molecular flexibility index (Phi) is 4.51. The van der Waals surface area contributed by atoms with Crippen LogP contribution in [-0.4, -0.2) is 41.0 Å². The summed E-state index contributed by atoms with van der Waals surface area (Å²) in [5.41, 5.74) is 1.88. The Morgan fingerprint density at radius 2 is 2.04 bits per heavy atom. The van der Waals surface area contributed by atoms with E-state index in [4.69, 9.17) is 4.74 Å². The van der Waals surface area contributed by atoms with Gasteiger partial charge in [-0.2, -0.15) is 0 Å². The van der Waals surface area contributed by atoms with Crippen LogP contribution in [0.3, 0.4) is 0 Å². The van der Waals surface area contributed by atoms with Gasteiger partial charge in [-0.25, -0.2) is 13.8 Å². The Hall–Kier alpha value is -2.96. The Bertz CT molecular complexity index is 994. The molecule has 1 amide bonds. The highest BCUT2D eigenvalue weighted by Crippen LogP contribution is 2.33. The maximum absolute atomic E-state index is 14.4. The predicted octanol–water partition coefficient (Wildman–Crippen LogP) is 3.87. The second-order valence-corrected chi connectivity index (χ2v) is 6.65. The number of likely N-dealkylation sites (tertiary alicyclic amines) is 1. The number of rotatable bonds is 3. The zero-order valence-electron chi connectivity index (χ0n) is 14.8. The SMILES string of the molecule is COc1c(F)ccc(C(=O)N2CCC(c3c[nH]c4ncccc34)CC2)c1F. The number of halogens is 2. The van der Waals surface area contributed by atoms with Crippen molar-refractivity contribution >= 4 is 16.9 Å². The normalized spacial score (nSPS) is 15.3. The molecule has 0 unspecified atom stereocenters. The number of H-pyrrole nitrogens is 1. The Morgan fingerprint density at radius 1 is 1.26 bits per heavy atom. The van der Waals surface area contributed by atoms with Gasteiger partial charge in [-0.1, -0.05) is 0 Å². The van der Waals surface area contributed by atoms with E-state index in [1.807, 2.05) is 18.3 Å². The maximum Gasteiger partial charge on any atom is 0.256 e. The summed E-state index contributed by atoms with van der Waals surface area (Å²) in [6.07, 6.45) is 5.26. The van der Waals surface area contributed by atoms with E-state index in [2.05, 4.69) is 9.97 Å². The summed E-state index contributed by atoms with van der Waals surface area (Å²) >= 11 is 0. The molecule has 7 heteroatoms. The van der Waals surface area contributed by atoms with E-state index >= 15 is 0 Å². The minimum absolute atomic E-state index is 0.164. The third-order valence-electron chi connectivity index (χ3n) is 5.19. The van der Waals surface area contributed by atoms with Crippen molar-refractivity contribution in [1.82, 2.24) is 14.9 Å². The lowest BCUT2D eigenvalue weighted by Crippen LogP contribution is -2.38. The van der Waals surface area contributed by atoms with Gasteiger partial charge in [0, 0.05) is 30.9 Å². The van der Waals surface area contributed by atoms with E-state index < -0.39 is 23.3 Å². The summed E-state index contributed by atoms with van der Waals surface area (Å²) in [5, 5.41) is 1.09. The van der Waals surface area contributed by atoms with E-state index in [-0.39, 0.29) is 5.56 Å². The number of nitrogens with one attached hydrogen (secondary N) is 1. The molecule has 0 bridgehead atoms. The van der Waals surface area contributed by atoms with E-state index in [1.165, 1.54) is 18.7 Å². The molecule has 1 aliphatic heterocycles. The van der Waals surface area contributed by atoms with Gasteiger partial charge in [0.05, 0.1) is 12.7 Å². The van der Waals surface area contributed by atoms with Crippen molar-refractivity contribution in [2.45, 2.75) is 18.8 Å². The topological polar surface area (TPSA) is 58.2 Å².